The number of aliphatic hydroxyl groups excluding tert-OH is 1. The van der Waals surface area contributed by atoms with Crippen molar-refractivity contribution in [3.63, 3.8) is 0 Å². The number of benzene rings is 1. The second-order valence-electron chi connectivity index (χ2n) is 6.41. The molecule has 110 valence electrons. The molecule has 0 spiro atoms. The highest BCUT2D eigenvalue weighted by molar-refractivity contribution is 5.49. The van der Waals surface area contributed by atoms with Crippen molar-refractivity contribution in [2.45, 2.75) is 51.3 Å². The lowest BCUT2D eigenvalue weighted by molar-refractivity contribution is 0.115. The van der Waals surface area contributed by atoms with Gasteiger partial charge in [-0.3, -0.25) is 4.90 Å². The molecular formula is C17H26N2O. The van der Waals surface area contributed by atoms with Crippen LogP contribution in [0.15, 0.2) is 24.3 Å². The molecule has 2 saturated heterocycles. The highest BCUT2D eigenvalue weighted by Crippen LogP contribution is 2.28. The maximum atomic E-state index is 9.61. The van der Waals surface area contributed by atoms with Gasteiger partial charge in [-0.25, -0.2) is 0 Å². The number of fused-ring (bicyclic) bond motifs is 1. The van der Waals surface area contributed by atoms with E-state index in [9.17, 15) is 5.11 Å². The Bertz CT molecular complexity index is 443. The van der Waals surface area contributed by atoms with Crippen molar-refractivity contribution in [3.05, 3.63) is 29.8 Å². The van der Waals surface area contributed by atoms with Crippen molar-refractivity contribution in [2.75, 3.05) is 24.5 Å². The molecule has 0 amide bonds. The monoisotopic (exact) mass is 274 g/mol. The Kier molecular flexibility index (Phi) is 3.99. The Morgan fingerprint density at radius 1 is 1.15 bits per heavy atom. The van der Waals surface area contributed by atoms with E-state index < -0.39 is 0 Å². The number of hydrogen-bond acceptors (Lipinski definition) is 3. The third-order valence-electron chi connectivity index (χ3n) is 4.89. The summed E-state index contributed by atoms with van der Waals surface area (Å²) in [6.45, 7) is 7.76. The molecule has 1 N–H and O–H groups in total. The van der Waals surface area contributed by atoms with Gasteiger partial charge in [-0.15, -0.1) is 0 Å². The molecular weight excluding hydrogens is 248 g/mol. The van der Waals surface area contributed by atoms with Crippen LogP contribution in [0.5, 0.6) is 0 Å². The molecule has 0 saturated carbocycles. The Labute approximate surface area is 122 Å². The number of piperidine rings is 1. The summed E-state index contributed by atoms with van der Waals surface area (Å²) in [5.41, 5.74) is 2.30. The van der Waals surface area contributed by atoms with E-state index >= 15 is 0 Å². The first-order valence-electron chi connectivity index (χ1n) is 7.94. The SMILES string of the molecule is CC(O)c1ccc(N2CC3CCCCN3CC2C)cc1. The number of anilines is 1. The van der Waals surface area contributed by atoms with Crippen LogP contribution in [0.1, 0.15) is 44.8 Å². The van der Waals surface area contributed by atoms with Gasteiger partial charge >= 0.3 is 0 Å². The Morgan fingerprint density at radius 3 is 2.60 bits per heavy atom. The fourth-order valence-electron chi connectivity index (χ4n) is 3.66. The smallest absolute Gasteiger partial charge is 0.0761 e. The summed E-state index contributed by atoms with van der Waals surface area (Å²) in [7, 11) is 0. The maximum Gasteiger partial charge on any atom is 0.0761 e. The lowest BCUT2D eigenvalue weighted by atomic mass is 9.96. The summed E-state index contributed by atoms with van der Waals surface area (Å²) in [4.78, 5) is 5.22. The third kappa shape index (κ3) is 2.70. The molecule has 0 aliphatic carbocycles. The molecule has 3 rings (SSSR count). The highest BCUT2D eigenvalue weighted by Gasteiger charge is 2.32. The summed E-state index contributed by atoms with van der Waals surface area (Å²) in [5.74, 6) is 0. The summed E-state index contributed by atoms with van der Waals surface area (Å²) in [5, 5.41) is 9.61. The zero-order valence-electron chi connectivity index (χ0n) is 12.6. The van der Waals surface area contributed by atoms with E-state index in [0.29, 0.717) is 6.04 Å². The molecule has 3 atom stereocenters. The predicted octanol–water partition coefficient (Wildman–Crippen LogP) is 2.80. The van der Waals surface area contributed by atoms with Crippen molar-refractivity contribution in [2.24, 2.45) is 0 Å². The normalized spacial score (nSPS) is 29.1. The minimum absolute atomic E-state index is 0.378. The molecule has 1 aromatic carbocycles. The second kappa shape index (κ2) is 5.74. The highest BCUT2D eigenvalue weighted by atomic mass is 16.3. The van der Waals surface area contributed by atoms with Gasteiger partial charge in [0, 0.05) is 30.9 Å². The van der Waals surface area contributed by atoms with Gasteiger partial charge in [0.2, 0.25) is 0 Å². The molecule has 20 heavy (non-hydrogen) atoms. The van der Waals surface area contributed by atoms with Crippen molar-refractivity contribution in [1.82, 2.24) is 4.90 Å². The van der Waals surface area contributed by atoms with Gasteiger partial charge in [0.1, 0.15) is 0 Å². The van der Waals surface area contributed by atoms with E-state index in [1.54, 1.807) is 0 Å². The minimum atomic E-state index is -0.378. The quantitative estimate of drug-likeness (QED) is 0.898. The van der Waals surface area contributed by atoms with Crippen LogP contribution >= 0.6 is 0 Å². The van der Waals surface area contributed by atoms with E-state index in [2.05, 4.69) is 41.0 Å². The third-order valence-corrected chi connectivity index (χ3v) is 4.89. The van der Waals surface area contributed by atoms with Crippen LogP contribution in [0, 0.1) is 0 Å². The Morgan fingerprint density at radius 2 is 1.90 bits per heavy atom. The Balaban J connectivity index is 1.75. The molecule has 0 aromatic heterocycles. The lowest BCUT2D eigenvalue weighted by Gasteiger charge is -2.48. The summed E-state index contributed by atoms with van der Waals surface area (Å²) in [6.07, 6.45) is 3.71. The molecule has 3 unspecified atom stereocenters. The zero-order valence-corrected chi connectivity index (χ0v) is 12.6. The number of hydrogen-bond donors (Lipinski definition) is 1. The van der Waals surface area contributed by atoms with Crippen molar-refractivity contribution in [1.29, 1.82) is 0 Å². The van der Waals surface area contributed by atoms with Crippen molar-refractivity contribution < 1.29 is 5.11 Å². The molecule has 3 nitrogen and oxygen atoms in total. The number of piperazine rings is 1. The molecule has 2 aliphatic rings. The van der Waals surface area contributed by atoms with E-state index in [1.807, 2.05) is 6.92 Å². The molecule has 2 aliphatic heterocycles. The molecule has 0 radical (unpaired) electrons. The largest absolute Gasteiger partial charge is 0.389 e. The van der Waals surface area contributed by atoms with Crippen LogP contribution in [0.25, 0.3) is 0 Å². The Hall–Kier alpha value is -1.06. The van der Waals surface area contributed by atoms with Gasteiger partial charge < -0.3 is 10.0 Å². The average molecular weight is 274 g/mol. The van der Waals surface area contributed by atoms with Crippen molar-refractivity contribution >= 4 is 5.69 Å². The van der Waals surface area contributed by atoms with Crippen molar-refractivity contribution in [3.8, 4) is 0 Å². The van der Waals surface area contributed by atoms with E-state index in [0.717, 1.165) is 18.2 Å². The second-order valence-corrected chi connectivity index (χ2v) is 6.41. The van der Waals surface area contributed by atoms with Crippen LogP contribution in [0.4, 0.5) is 5.69 Å². The lowest BCUT2D eigenvalue weighted by Crippen LogP contribution is -2.58. The van der Waals surface area contributed by atoms with Gasteiger partial charge in [-0.1, -0.05) is 18.6 Å². The molecule has 2 heterocycles. The van der Waals surface area contributed by atoms with Gasteiger partial charge in [0.15, 0.2) is 0 Å². The van der Waals surface area contributed by atoms with Crippen LogP contribution < -0.4 is 4.90 Å². The minimum Gasteiger partial charge on any atom is -0.389 e. The van der Waals surface area contributed by atoms with Gasteiger partial charge in [-0.2, -0.15) is 0 Å². The van der Waals surface area contributed by atoms with E-state index in [4.69, 9.17) is 0 Å². The molecule has 0 bridgehead atoms. The van der Waals surface area contributed by atoms with Gasteiger partial charge in [0.25, 0.3) is 0 Å². The zero-order chi connectivity index (χ0) is 14.1. The fourth-order valence-corrected chi connectivity index (χ4v) is 3.66. The summed E-state index contributed by atoms with van der Waals surface area (Å²) < 4.78 is 0. The first kappa shape index (κ1) is 13.9. The van der Waals surface area contributed by atoms with E-state index in [-0.39, 0.29) is 6.10 Å². The molecule has 2 fully saturated rings. The number of rotatable bonds is 2. The topological polar surface area (TPSA) is 26.7 Å². The summed E-state index contributed by atoms with van der Waals surface area (Å²) >= 11 is 0. The first-order chi connectivity index (χ1) is 9.65. The van der Waals surface area contributed by atoms with Crippen LogP contribution in [-0.2, 0) is 0 Å². The fraction of sp³-hybridized carbons (Fsp3) is 0.647. The van der Waals surface area contributed by atoms with Gasteiger partial charge in [0.05, 0.1) is 6.10 Å². The standard InChI is InChI=1S/C17H26N2O/c1-13-11-18-10-4-3-5-17(18)12-19(13)16-8-6-15(7-9-16)14(2)20/h6-9,13-14,17,20H,3-5,10-12H2,1-2H3. The first-order valence-corrected chi connectivity index (χ1v) is 7.94. The average Bonchev–Trinajstić information content (AvgIpc) is 2.46. The van der Waals surface area contributed by atoms with Gasteiger partial charge in [-0.05, 0) is 50.9 Å². The predicted molar refractivity (Wildman–Crippen MR) is 83.1 cm³/mol. The van der Waals surface area contributed by atoms with Crippen LogP contribution in [0.3, 0.4) is 0 Å². The van der Waals surface area contributed by atoms with Crippen LogP contribution in [0.2, 0.25) is 0 Å². The molecule has 3 heteroatoms. The number of aliphatic hydroxyl groups is 1. The van der Waals surface area contributed by atoms with Crippen LogP contribution in [-0.4, -0.2) is 41.7 Å². The summed E-state index contributed by atoms with van der Waals surface area (Å²) in [6, 6.07) is 9.74. The number of nitrogens with zero attached hydrogens (tertiary/aromatic N) is 2. The molecule has 1 aromatic rings. The van der Waals surface area contributed by atoms with E-state index in [1.165, 1.54) is 38.0 Å². The maximum absolute atomic E-state index is 9.61.